The third kappa shape index (κ3) is 90.5. The highest BCUT2D eigenvalue weighted by Gasteiger charge is 2.56. The quantitative estimate of drug-likeness (QED) is 0.0395. The molecular formula is C116H228F8O4S. The molecule has 2 atom stereocenters. The fourth-order valence-corrected chi connectivity index (χ4v) is 17.7. The highest BCUT2D eigenvalue weighted by atomic mass is 32.2. The average Bonchev–Trinajstić information content (AvgIpc) is 1.65. The van der Waals surface area contributed by atoms with E-state index in [1.165, 1.54) is 134 Å². The molecule has 11 aliphatic rings. The lowest BCUT2D eigenvalue weighted by Crippen LogP contribution is -2.37. The van der Waals surface area contributed by atoms with Crippen molar-refractivity contribution in [3.8, 4) is 12.3 Å². The van der Waals surface area contributed by atoms with Gasteiger partial charge in [-0.1, -0.05) is 312 Å². The van der Waals surface area contributed by atoms with Crippen molar-refractivity contribution in [2.75, 3.05) is 52.2 Å². The highest BCUT2D eigenvalue weighted by molar-refractivity contribution is 8.00. The molecule has 9 aliphatic carbocycles. The van der Waals surface area contributed by atoms with Crippen molar-refractivity contribution in [3.63, 3.8) is 0 Å². The Balaban J connectivity index is -0.000000425. The molecular weight excluding hydrogens is 1640 g/mol. The topological polar surface area (TPSA) is 47.9 Å². The fourth-order valence-electron chi connectivity index (χ4n) is 16.8. The molecule has 778 valence electrons. The van der Waals surface area contributed by atoms with Crippen molar-refractivity contribution in [1.82, 2.24) is 0 Å². The van der Waals surface area contributed by atoms with Gasteiger partial charge >= 0.3 is 0 Å². The van der Waals surface area contributed by atoms with Crippen LogP contribution in [0.5, 0.6) is 0 Å². The Bertz CT molecular complexity index is 2390. The Morgan fingerprint density at radius 1 is 0.442 bits per heavy atom. The molecule has 0 spiro atoms. The van der Waals surface area contributed by atoms with Gasteiger partial charge in [0.25, 0.3) is 11.8 Å². The normalized spacial score (nSPS) is 21.1. The molecule has 11 rings (SSSR count). The maximum absolute atomic E-state index is 13.2. The van der Waals surface area contributed by atoms with Gasteiger partial charge in [0.1, 0.15) is 11.3 Å². The molecule has 2 aliphatic heterocycles. The van der Waals surface area contributed by atoms with E-state index in [4.69, 9.17) is 25.7 Å². The highest BCUT2D eigenvalue weighted by Crippen LogP contribution is 2.53. The minimum atomic E-state index is -2.40. The molecule has 0 bridgehead atoms. The molecule has 2 saturated heterocycles. The van der Waals surface area contributed by atoms with Gasteiger partial charge in [0, 0.05) is 76.8 Å². The molecule has 0 aromatic heterocycles. The zero-order valence-electron chi connectivity index (χ0n) is 92.9. The van der Waals surface area contributed by atoms with Crippen LogP contribution in [0.15, 0.2) is 12.2 Å². The maximum atomic E-state index is 13.2. The van der Waals surface area contributed by atoms with Crippen LogP contribution in [-0.4, -0.2) is 92.5 Å². The molecule has 0 aromatic carbocycles. The Morgan fingerprint density at radius 2 is 0.860 bits per heavy atom. The van der Waals surface area contributed by atoms with Crippen molar-refractivity contribution >= 4 is 11.8 Å². The summed E-state index contributed by atoms with van der Waals surface area (Å²) in [5.74, 6) is 13.8. The maximum Gasteiger partial charge on any atom is 0.253 e. The van der Waals surface area contributed by atoms with E-state index in [1.54, 1.807) is 28.1 Å². The first-order chi connectivity index (χ1) is 59.6. The van der Waals surface area contributed by atoms with Gasteiger partial charge in [-0.25, -0.2) is 35.1 Å². The number of alkyl halides is 8. The molecule has 10 fully saturated rings. The number of hydrogen-bond donors (Lipinski definition) is 1. The Hall–Kier alpha value is -1.07. The van der Waals surface area contributed by atoms with Crippen LogP contribution in [0.25, 0.3) is 0 Å². The first kappa shape index (κ1) is 136. The van der Waals surface area contributed by atoms with Gasteiger partial charge in [-0.3, -0.25) is 0 Å². The lowest BCUT2D eigenvalue weighted by atomic mass is 9.77. The zero-order valence-corrected chi connectivity index (χ0v) is 93.7. The summed E-state index contributed by atoms with van der Waals surface area (Å²) in [6.07, 6.45) is 50.9. The summed E-state index contributed by atoms with van der Waals surface area (Å²) in [5.41, 5.74) is -0.712. The number of unbranched alkanes of at least 4 members (excludes halogenated alkanes) is 1. The van der Waals surface area contributed by atoms with Crippen LogP contribution >= 0.6 is 11.8 Å². The SMILES string of the molecule is C#CCCC(C)C.CC(C)C(F)(F)C1CCC1.CC(C)CC1(C)CC1.CC(C)CC1(F)CC1.CC(C)CC1(F)CCC1.CC(C)CC1C=CCC1.CC(C)CC1CC(F)(F)C1.CC(C)CC1CC(O)C1.CC(C)CC1CC1(F)F.CC(C)CC1CCC1.CC(C)CC1COC1.CC(C)CC1CSC1.CCCC(C)C.CCCCC(C)C.COCC(C)C.COCCC(C)C. The third-order valence-electron chi connectivity index (χ3n) is 24.9. The third-order valence-corrected chi connectivity index (χ3v) is 26.3. The molecule has 13 heteroatoms. The van der Waals surface area contributed by atoms with Gasteiger partial charge in [-0.2, -0.15) is 11.8 Å². The van der Waals surface area contributed by atoms with E-state index >= 15 is 0 Å². The van der Waals surface area contributed by atoms with Crippen LogP contribution in [0, 0.1) is 160 Å². The number of hydrogen-bond acceptors (Lipinski definition) is 5. The van der Waals surface area contributed by atoms with Crippen LogP contribution in [0.2, 0.25) is 0 Å². The van der Waals surface area contributed by atoms with Crippen LogP contribution in [-0.2, 0) is 14.2 Å². The number of halogens is 8. The van der Waals surface area contributed by atoms with Gasteiger partial charge in [0.15, 0.2) is 0 Å². The summed E-state index contributed by atoms with van der Waals surface area (Å²) in [6.45, 7) is 79.8. The minimum absolute atomic E-state index is 0.0359. The standard InChI is InChI=1S/C9H16.2C8H14F2.C8H15F.C8H16O.2C8H16.C7H12F2.C7H13F.C7H14O.C7H14S.C7H16.C7H12.C6H14O.C6H14.C5H12O/c1-8(2)7-9-5-3-4-6-9;1-6(2)3-7-4-8(9,10)5-7;1-6(2)8(9,10)7-4-3-5-7;1-7(2)6-8(9)4-3-5-8;1-6(2)3-7-4-8(9)5-7;1-7(2)6-8(3)4-5-8;1-7(2)6-8-4-3-5-8;1-5(2)3-6-4-7(6,8)9;1-6(2)5-7(8)3-4-7;2*1-6(2)3-7-4-8-5-7;2*1-4-5-6-7(2)3;1-6(2)4-5-7-3;1-4-5-6(2)3;1-5(2)4-6-3/h3,5,8-9H,4,6-7H2,1-2H3;2*6-7H,3-5H2,1-2H3;7H,3-6H2,1-2H3;6-9H,3-5H2,1-2H3;7H,4-6H2,1-3H3;7-8H,3-6H2,1-2H3;5-6H,3-4H2,1-2H3;6H,3-5H2,1-2H3;2*6-7H,3-5H2,1-2H3;7H,4-6H2,1-3H3;1,7H,5-6H2,2-3H3;6H,4-5H2,1-3H3;6H,4-5H2,1-3H3;5H,4H2,1-3H3. The molecule has 0 aromatic rings. The van der Waals surface area contributed by atoms with Gasteiger partial charge in [0.05, 0.1) is 19.3 Å². The van der Waals surface area contributed by atoms with Crippen LogP contribution in [0.3, 0.4) is 0 Å². The first-order valence-electron chi connectivity index (χ1n) is 54.0. The van der Waals surface area contributed by atoms with Gasteiger partial charge < -0.3 is 19.3 Å². The molecule has 2 unspecified atom stereocenters. The summed E-state index contributed by atoms with van der Waals surface area (Å²) < 4.78 is 115. The monoisotopic (exact) mass is 1870 g/mol. The summed E-state index contributed by atoms with van der Waals surface area (Å²) in [7, 11) is 3.46. The average molecular weight is 1870 g/mol. The van der Waals surface area contributed by atoms with Gasteiger partial charge in [-0.05, 0) is 296 Å². The largest absolute Gasteiger partial charge is 0.393 e. The van der Waals surface area contributed by atoms with Crippen molar-refractivity contribution < 1.29 is 54.4 Å². The van der Waals surface area contributed by atoms with E-state index in [0.29, 0.717) is 41.9 Å². The second-order valence-corrected chi connectivity index (χ2v) is 49.7. The Kier molecular flexibility index (Phi) is 82.2. The lowest BCUT2D eigenvalue weighted by molar-refractivity contribution is -0.122. The molecule has 2 heterocycles. The number of rotatable bonds is 34. The van der Waals surface area contributed by atoms with Gasteiger partial charge in [0.2, 0.25) is 5.92 Å². The second-order valence-electron chi connectivity index (χ2n) is 48.7. The molecule has 129 heavy (non-hydrogen) atoms. The zero-order chi connectivity index (χ0) is 100. The minimum Gasteiger partial charge on any atom is -0.393 e. The first-order valence-corrected chi connectivity index (χ1v) is 55.2. The van der Waals surface area contributed by atoms with E-state index < -0.39 is 35.0 Å². The summed E-state index contributed by atoms with van der Waals surface area (Å²) >= 11 is 2.09. The van der Waals surface area contributed by atoms with Crippen LogP contribution in [0.1, 0.15) is 486 Å². The smallest absolute Gasteiger partial charge is 0.253 e. The van der Waals surface area contributed by atoms with E-state index in [1.807, 2.05) is 13.8 Å². The predicted octanol–water partition coefficient (Wildman–Crippen LogP) is 39.1. The van der Waals surface area contributed by atoms with E-state index in [9.17, 15) is 35.1 Å². The number of allylic oxidation sites excluding steroid dienone is 2. The summed E-state index contributed by atoms with van der Waals surface area (Å²) in [6, 6.07) is 0. The predicted molar refractivity (Wildman–Crippen MR) is 559 cm³/mol. The number of thioether (sulfide) groups is 1. The number of terminal acetylenes is 1. The fraction of sp³-hybridized carbons (Fsp3) is 0.966. The Morgan fingerprint density at radius 3 is 1.02 bits per heavy atom. The van der Waals surface area contributed by atoms with Crippen molar-refractivity contribution in [2.45, 2.75) is 522 Å². The van der Waals surface area contributed by atoms with E-state index in [0.717, 1.165) is 217 Å². The van der Waals surface area contributed by atoms with Crippen molar-refractivity contribution in [3.05, 3.63) is 12.2 Å². The van der Waals surface area contributed by atoms with Gasteiger partial charge in [-0.15, -0.1) is 12.3 Å². The summed E-state index contributed by atoms with van der Waals surface area (Å²) in [4.78, 5) is 0. The van der Waals surface area contributed by atoms with E-state index in [-0.39, 0.29) is 37.2 Å². The number of aliphatic hydroxyl groups is 1. The number of methoxy groups -OCH3 is 2. The molecule has 4 nitrogen and oxygen atoms in total. The van der Waals surface area contributed by atoms with E-state index in [2.05, 4.69) is 244 Å². The molecule has 1 N–H and O–H groups in total. The van der Waals surface area contributed by atoms with Crippen molar-refractivity contribution in [1.29, 1.82) is 0 Å². The number of aliphatic hydroxyl groups excluding tert-OH is 1. The lowest BCUT2D eigenvalue weighted by Gasteiger charge is -2.35. The number of ether oxygens (including phenoxy) is 3. The second kappa shape index (κ2) is 77.7. The molecule has 0 radical (unpaired) electrons. The van der Waals surface area contributed by atoms with Crippen molar-refractivity contribution in [2.24, 2.45) is 147 Å². The Labute approximate surface area is 807 Å². The van der Waals surface area contributed by atoms with Crippen LogP contribution < -0.4 is 0 Å². The van der Waals surface area contributed by atoms with Crippen LogP contribution in [0.4, 0.5) is 35.1 Å². The molecule has 0 amide bonds. The molecule has 8 saturated carbocycles. The summed E-state index contributed by atoms with van der Waals surface area (Å²) in [5, 5.41) is 8.93.